The number of para-hydroxylation sites is 1. The van der Waals surface area contributed by atoms with Crippen LogP contribution in [0, 0.1) is 0 Å². The van der Waals surface area contributed by atoms with Crippen molar-refractivity contribution in [3.63, 3.8) is 0 Å². The predicted octanol–water partition coefficient (Wildman–Crippen LogP) is 1.97. The van der Waals surface area contributed by atoms with Crippen LogP contribution in [0.2, 0.25) is 0 Å². The second kappa shape index (κ2) is 10.2. The van der Waals surface area contributed by atoms with Crippen LogP contribution in [0.3, 0.4) is 0 Å². The first-order valence-corrected chi connectivity index (χ1v) is 13.0. The van der Waals surface area contributed by atoms with E-state index < -0.39 is 10.0 Å². The van der Waals surface area contributed by atoms with Crippen molar-refractivity contribution in [2.75, 3.05) is 43.3 Å². The van der Waals surface area contributed by atoms with Gasteiger partial charge in [-0.25, -0.2) is 8.42 Å². The van der Waals surface area contributed by atoms with E-state index in [1.54, 1.807) is 29.2 Å². The highest BCUT2D eigenvalue weighted by Gasteiger charge is 2.32. The first kappa shape index (κ1) is 23.0. The van der Waals surface area contributed by atoms with Crippen molar-refractivity contribution in [1.29, 1.82) is 0 Å². The van der Waals surface area contributed by atoms with Crippen LogP contribution in [-0.2, 0) is 14.8 Å². The number of rotatable bonds is 7. The van der Waals surface area contributed by atoms with Gasteiger partial charge in [0.05, 0.1) is 38.1 Å². The van der Waals surface area contributed by atoms with Crippen LogP contribution >= 0.6 is 0 Å². The molecule has 0 saturated carbocycles. The van der Waals surface area contributed by atoms with Gasteiger partial charge in [-0.3, -0.25) is 9.10 Å². The molecule has 3 aromatic rings. The summed E-state index contributed by atoms with van der Waals surface area (Å²) in [6, 6.07) is 29.9. The number of hydrogen-bond acceptors (Lipinski definition) is 3. The summed E-state index contributed by atoms with van der Waals surface area (Å²) in [6.45, 7) is 2.60. The van der Waals surface area contributed by atoms with Gasteiger partial charge in [-0.2, -0.15) is 0 Å². The molecule has 1 amide bonds. The van der Waals surface area contributed by atoms with Gasteiger partial charge in [-0.15, -0.1) is 0 Å². The molecule has 0 radical (unpaired) electrons. The van der Waals surface area contributed by atoms with Crippen LogP contribution < -0.4 is 9.21 Å². The van der Waals surface area contributed by atoms with Gasteiger partial charge in [0.2, 0.25) is 15.9 Å². The second-order valence-electron chi connectivity index (χ2n) is 8.40. The van der Waals surface area contributed by atoms with Gasteiger partial charge >= 0.3 is 0 Å². The highest BCUT2D eigenvalue weighted by molar-refractivity contribution is 7.92. The first-order valence-electron chi connectivity index (χ1n) is 11.2. The van der Waals surface area contributed by atoms with E-state index in [9.17, 15) is 13.2 Å². The van der Waals surface area contributed by atoms with E-state index in [2.05, 4.69) is 48.5 Å². The molecule has 1 aliphatic rings. The molecule has 0 unspecified atom stereocenters. The lowest BCUT2D eigenvalue weighted by Gasteiger charge is -2.37. The summed E-state index contributed by atoms with van der Waals surface area (Å²) in [7, 11) is -3.57. The van der Waals surface area contributed by atoms with Crippen molar-refractivity contribution >= 4 is 21.6 Å². The zero-order valence-electron chi connectivity index (χ0n) is 18.8. The zero-order valence-corrected chi connectivity index (χ0v) is 19.6. The lowest BCUT2D eigenvalue weighted by Crippen LogP contribution is -3.15. The molecule has 6 nitrogen and oxygen atoms in total. The van der Waals surface area contributed by atoms with Crippen molar-refractivity contribution in [3.8, 4) is 0 Å². The minimum absolute atomic E-state index is 0.167. The number of hydrogen-bond donors (Lipinski definition) is 1. The molecule has 7 heteroatoms. The Kier molecular flexibility index (Phi) is 7.11. The fraction of sp³-hybridized carbons (Fsp3) is 0.269. The van der Waals surface area contributed by atoms with E-state index in [1.807, 2.05) is 18.2 Å². The number of nitrogens with one attached hydrogen (secondary N) is 1. The fourth-order valence-electron chi connectivity index (χ4n) is 4.50. The number of benzene rings is 3. The Morgan fingerprint density at radius 1 is 0.848 bits per heavy atom. The van der Waals surface area contributed by atoms with E-state index in [-0.39, 0.29) is 18.5 Å². The van der Waals surface area contributed by atoms with Crippen LogP contribution in [0.15, 0.2) is 91.0 Å². The molecule has 1 aliphatic heterocycles. The number of anilines is 1. The van der Waals surface area contributed by atoms with E-state index in [0.717, 1.165) is 19.3 Å². The topological polar surface area (TPSA) is 62.1 Å². The SMILES string of the molecule is CS(=O)(=O)N(CC(=O)N1CC[NH+](C(c2ccccc2)c2ccccc2)CC1)c1ccccc1. The number of quaternary nitrogens is 1. The molecule has 0 bridgehead atoms. The first-order chi connectivity index (χ1) is 15.9. The Morgan fingerprint density at radius 2 is 1.30 bits per heavy atom. The molecule has 172 valence electrons. The Hall–Kier alpha value is -3.16. The van der Waals surface area contributed by atoms with Crippen LogP contribution in [0.25, 0.3) is 0 Å². The molecular formula is C26H30N3O3S+. The quantitative estimate of drug-likeness (QED) is 0.582. The van der Waals surface area contributed by atoms with Crippen LogP contribution in [0.5, 0.6) is 0 Å². The maximum absolute atomic E-state index is 13.1. The lowest BCUT2D eigenvalue weighted by molar-refractivity contribution is -0.929. The van der Waals surface area contributed by atoms with Gasteiger partial charge in [0.25, 0.3) is 0 Å². The summed E-state index contributed by atoms with van der Waals surface area (Å²) in [6.07, 6.45) is 1.14. The Labute approximate surface area is 196 Å². The van der Waals surface area contributed by atoms with Crippen molar-refractivity contribution in [2.24, 2.45) is 0 Å². The summed E-state index contributed by atoms with van der Waals surface area (Å²) >= 11 is 0. The molecule has 1 saturated heterocycles. The van der Waals surface area contributed by atoms with Gasteiger partial charge in [-0.1, -0.05) is 78.9 Å². The summed E-state index contributed by atoms with van der Waals surface area (Å²) in [5.74, 6) is -0.167. The fourth-order valence-corrected chi connectivity index (χ4v) is 5.35. The third-order valence-corrected chi connectivity index (χ3v) is 7.30. The van der Waals surface area contributed by atoms with Gasteiger partial charge < -0.3 is 9.80 Å². The van der Waals surface area contributed by atoms with Crippen molar-refractivity contribution in [2.45, 2.75) is 6.04 Å². The number of carbonyl (C=O) groups excluding carboxylic acids is 1. The average molecular weight is 465 g/mol. The minimum atomic E-state index is -3.57. The average Bonchev–Trinajstić information content (AvgIpc) is 2.84. The lowest BCUT2D eigenvalue weighted by atomic mass is 9.96. The molecule has 1 N–H and O–H groups in total. The Bertz CT molecular complexity index is 1110. The number of sulfonamides is 1. The molecule has 33 heavy (non-hydrogen) atoms. The van der Waals surface area contributed by atoms with Crippen LogP contribution in [0.1, 0.15) is 17.2 Å². The number of nitrogens with zero attached hydrogens (tertiary/aromatic N) is 2. The standard InChI is InChI=1S/C26H29N3O3S/c1-33(31,32)29(24-15-9-4-10-16-24)21-25(30)27-17-19-28(20-18-27)26(22-11-5-2-6-12-22)23-13-7-3-8-14-23/h2-16,26H,17-21H2,1H3/p+1. The van der Waals surface area contributed by atoms with Crippen LogP contribution in [0.4, 0.5) is 5.69 Å². The van der Waals surface area contributed by atoms with Crippen molar-refractivity contribution in [3.05, 3.63) is 102 Å². The van der Waals surface area contributed by atoms with Gasteiger partial charge in [0.1, 0.15) is 12.6 Å². The molecule has 3 aromatic carbocycles. The number of amides is 1. The molecule has 4 rings (SSSR count). The summed E-state index contributed by atoms with van der Waals surface area (Å²) in [5, 5.41) is 0. The molecule has 0 aliphatic carbocycles. The second-order valence-corrected chi connectivity index (χ2v) is 10.3. The van der Waals surface area contributed by atoms with Gasteiger partial charge in [0.15, 0.2) is 0 Å². The van der Waals surface area contributed by atoms with E-state index in [1.165, 1.54) is 20.3 Å². The smallest absolute Gasteiger partial charge is 0.243 e. The normalized spacial score (nSPS) is 14.9. The largest absolute Gasteiger partial charge is 0.330 e. The maximum atomic E-state index is 13.1. The van der Waals surface area contributed by atoms with Crippen LogP contribution in [-0.4, -0.2) is 58.2 Å². The summed E-state index contributed by atoms with van der Waals surface area (Å²) in [5.41, 5.74) is 3.02. The van der Waals surface area contributed by atoms with E-state index in [0.29, 0.717) is 18.8 Å². The molecule has 0 atom stereocenters. The maximum Gasteiger partial charge on any atom is 0.243 e. The molecule has 1 heterocycles. The molecular weight excluding hydrogens is 434 g/mol. The summed E-state index contributed by atoms with van der Waals surface area (Å²) < 4.78 is 25.9. The third kappa shape index (κ3) is 5.61. The highest BCUT2D eigenvalue weighted by atomic mass is 32.2. The molecule has 0 aromatic heterocycles. The van der Waals surface area contributed by atoms with Crippen molar-refractivity contribution in [1.82, 2.24) is 4.90 Å². The predicted molar refractivity (Wildman–Crippen MR) is 131 cm³/mol. The van der Waals surface area contributed by atoms with Gasteiger partial charge in [-0.05, 0) is 12.1 Å². The Balaban J connectivity index is 1.46. The molecule has 1 fully saturated rings. The monoisotopic (exact) mass is 464 g/mol. The third-order valence-electron chi connectivity index (χ3n) is 6.16. The van der Waals surface area contributed by atoms with E-state index in [4.69, 9.17) is 0 Å². The number of piperazine rings is 1. The van der Waals surface area contributed by atoms with E-state index >= 15 is 0 Å². The highest BCUT2D eigenvalue weighted by Crippen LogP contribution is 2.20. The molecule has 0 spiro atoms. The number of carbonyl (C=O) groups is 1. The Morgan fingerprint density at radius 3 is 1.76 bits per heavy atom. The zero-order chi connectivity index (χ0) is 23.3. The summed E-state index contributed by atoms with van der Waals surface area (Å²) in [4.78, 5) is 16.2. The minimum Gasteiger partial charge on any atom is -0.330 e. The van der Waals surface area contributed by atoms with Crippen molar-refractivity contribution < 1.29 is 18.1 Å². The van der Waals surface area contributed by atoms with Gasteiger partial charge in [0, 0.05) is 11.1 Å².